The third-order valence-electron chi connectivity index (χ3n) is 1.89. The van der Waals surface area contributed by atoms with Crippen LogP contribution in [0, 0.1) is 5.82 Å². The molecule has 2 nitrogen and oxygen atoms in total. The van der Waals surface area contributed by atoms with Gasteiger partial charge in [-0.05, 0) is 43.0 Å². The molecule has 0 saturated heterocycles. The van der Waals surface area contributed by atoms with E-state index < -0.39 is 0 Å². The molecule has 0 aromatic heterocycles. The van der Waals surface area contributed by atoms with Gasteiger partial charge >= 0.3 is 0 Å². The quantitative estimate of drug-likeness (QED) is 0.577. The minimum Gasteiger partial charge on any atom is -0.396 e. The van der Waals surface area contributed by atoms with Gasteiger partial charge in [0.15, 0.2) is 0 Å². The highest BCUT2D eigenvalue weighted by molar-refractivity contribution is 7.97. The summed E-state index contributed by atoms with van der Waals surface area (Å²) in [6, 6.07) is 5.41. The van der Waals surface area contributed by atoms with Gasteiger partial charge in [0.2, 0.25) is 0 Å². The summed E-state index contributed by atoms with van der Waals surface area (Å²) < 4.78 is 16.0. The van der Waals surface area contributed by atoms with Gasteiger partial charge in [-0.2, -0.15) is 0 Å². The lowest BCUT2D eigenvalue weighted by Gasteiger charge is -2.03. The highest BCUT2D eigenvalue weighted by atomic mass is 32.2. The molecule has 0 amide bonds. The number of hydrogen-bond donors (Lipinski definition) is 2. The summed E-state index contributed by atoms with van der Waals surface area (Å²) in [5.41, 5.74) is 5.64. The molecule has 1 aromatic rings. The van der Waals surface area contributed by atoms with Crippen LogP contribution in [0.15, 0.2) is 23.1 Å². The average Bonchev–Trinajstić information content (AvgIpc) is 2.91. The standard InChI is InChI=1S/C9H11FN2S/c10-8-4-3-7(5-9(8)11)13-12-6-1-2-6/h3-6,12H,1-2,11H2. The molecule has 0 unspecified atom stereocenters. The van der Waals surface area contributed by atoms with E-state index in [9.17, 15) is 4.39 Å². The summed E-state index contributed by atoms with van der Waals surface area (Å²) in [5, 5.41) is 0. The average molecular weight is 198 g/mol. The lowest BCUT2D eigenvalue weighted by molar-refractivity contribution is 0.631. The zero-order valence-electron chi connectivity index (χ0n) is 7.09. The van der Waals surface area contributed by atoms with E-state index in [1.165, 1.54) is 30.9 Å². The van der Waals surface area contributed by atoms with Gasteiger partial charge < -0.3 is 5.73 Å². The summed E-state index contributed by atoms with van der Waals surface area (Å²) in [5.74, 6) is -0.351. The van der Waals surface area contributed by atoms with Crippen molar-refractivity contribution in [1.82, 2.24) is 4.72 Å². The smallest absolute Gasteiger partial charge is 0.146 e. The Morgan fingerprint density at radius 1 is 1.46 bits per heavy atom. The van der Waals surface area contributed by atoms with Crippen molar-refractivity contribution in [3.05, 3.63) is 24.0 Å². The first-order chi connectivity index (χ1) is 6.25. The van der Waals surface area contributed by atoms with Crippen molar-refractivity contribution in [3.8, 4) is 0 Å². The van der Waals surface area contributed by atoms with E-state index in [4.69, 9.17) is 5.73 Å². The van der Waals surface area contributed by atoms with Crippen molar-refractivity contribution in [1.29, 1.82) is 0 Å². The molecule has 0 radical (unpaired) electrons. The minimum absolute atomic E-state index is 0.211. The number of anilines is 1. The number of nitrogen functional groups attached to an aromatic ring is 1. The summed E-state index contributed by atoms with van der Waals surface area (Å²) in [6.07, 6.45) is 2.48. The van der Waals surface area contributed by atoms with Gasteiger partial charge in [-0.15, -0.1) is 0 Å². The summed E-state index contributed by atoms with van der Waals surface area (Å²) in [4.78, 5) is 0.964. The molecular weight excluding hydrogens is 187 g/mol. The lowest BCUT2D eigenvalue weighted by atomic mass is 10.3. The molecule has 0 atom stereocenters. The Morgan fingerprint density at radius 2 is 2.23 bits per heavy atom. The molecule has 1 aromatic carbocycles. The molecule has 13 heavy (non-hydrogen) atoms. The monoisotopic (exact) mass is 198 g/mol. The van der Waals surface area contributed by atoms with Gasteiger partial charge in [0, 0.05) is 10.9 Å². The van der Waals surface area contributed by atoms with Gasteiger partial charge in [-0.25, -0.2) is 4.39 Å². The van der Waals surface area contributed by atoms with Crippen molar-refractivity contribution in [2.75, 3.05) is 5.73 Å². The fourth-order valence-electron chi connectivity index (χ4n) is 0.938. The number of hydrogen-bond acceptors (Lipinski definition) is 3. The van der Waals surface area contributed by atoms with Crippen molar-refractivity contribution >= 4 is 17.6 Å². The molecule has 1 saturated carbocycles. The summed E-state index contributed by atoms with van der Waals surface area (Å²) >= 11 is 1.52. The van der Waals surface area contributed by atoms with Gasteiger partial charge in [-0.1, -0.05) is 0 Å². The van der Waals surface area contributed by atoms with Crippen molar-refractivity contribution in [2.24, 2.45) is 0 Å². The number of benzene rings is 1. The third kappa shape index (κ3) is 2.35. The second-order valence-corrected chi connectivity index (χ2v) is 4.09. The maximum absolute atomic E-state index is 12.8. The Hall–Kier alpha value is -0.740. The van der Waals surface area contributed by atoms with Crippen LogP contribution in [0.1, 0.15) is 12.8 Å². The number of nitrogens with one attached hydrogen (secondary N) is 1. The number of rotatable bonds is 3. The van der Waals surface area contributed by atoms with Crippen LogP contribution in [0.4, 0.5) is 10.1 Å². The molecule has 0 bridgehead atoms. The molecule has 0 aliphatic heterocycles. The fourth-order valence-corrected chi connectivity index (χ4v) is 1.80. The highest BCUT2D eigenvalue weighted by Gasteiger charge is 2.20. The van der Waals surface area contributed by atoms with Gasteiger partial charge in [0.25, 0.3) is 0 Å². The van der Waals surface area contributed by atoms with Crippen LogP contribution in [-0.2, 0) is 0 Å². The molecule has 3 N–H and O–H groups in total. The Bertz CT molecular complexity index is 312. The molecule has 1 fully saturated rings. The third-order valence-corrected chi connectivity index (χ3v) is 2.83. The van der Waals surface area contributed by atoms with Gasteiger partial charge in [0.1, 0.15) is 5.82 Å². The van der Waals surface area contributed by atoms with E-state index in [1.54, 1.807) is 12.1 Å². The maximum atomic E-state index is 12.8. The Balaban J connectivity index is 1.98. The molecule has 1 aliphatic rings. The first-order valence-electron chi connectivity index (χ1n) is 4.23. The van der Waals surface area contributed by atoms with E-state index in [2.05, 4.69) is 4.72 Å². The topological polar surface area (TPSA) is 38.0 Å². The summed E-state index contributed by atoms with van der Waals surface area (Å²) in [6.45, 7) is 0. The highest BCUT2D eigenvalue weighted by Crippen LogP contribution is 2.26. The molecule has 0 heterocycles. The second-order valence-electron chi connectivity index (χ2n) is 3.18. The lowest BCUT2D eigenvalue weighted by Crippen LogP contribution is -2.04. The predicted molar refractivity (Wildman–Crippen MR) is 52.8 cm³/mol. The normalized spacial score (nSPS) is 16.1. The van der Waals surface area contributed by atoms with E-state index in [-0.39, 0.29) is 11.5 Å². The molecule has 4 heteroatoms. The van der Waals surface area contributed by atoms with Crippen LogP contribution in [0.2, 0.25) is 0 Å². The Kier molecular flexibility index (Phi) is 2.42. The van der Waals surface area contributed by atoms with Crippen LogP contribution >= 0.6 is 11.9 Å². The zero-order chi connectivity index (χ0) is 9.26. The van der Waals surface area contributed by atoms with E-state index in [1.807, 2.05) is 0 Å². The Morgan fingerprint density at radius 3 is 2.85 bits per heavy atom. The first-order valence-corrected chi connectivity index (χ1v) is 5.05. The van der Waals surface area contributed by atoms with Crippen LogP contribution in [0.25, 0.3) is 0 Å². The minimum atomic E-state index is -0.351. The van der Waals surface area contributed by atoms with Gasteiger partial charge in [-0.3, -0.25) is 4.72 Å². The van der Waals surface area contributed by atoms with E-state index in [0.717, 1.165) is 4.90 Å². The fraction of sp³-hybridized carbons (Fsp3) is 0.333. The van der Waals surface area contributed by atoms with Crippen LogP contribution in [0.5, 0.6) is 0 Å². The van der Waals surface area contributed by atoms with Gasteiger partial charge in [0.05, 0.1) is 5.69 Å². The molecule has 0 spiro atoms. The van der Waals surface area contributed by atoms with Crippen molar-refractivity contribution in [3.63, 3.8) is 0 Å². The second kappa shape index (κ2) is 3.55. The van der Waals surface area contributed by atoms with Crippen molar-refractivity contribution < 1.29 is 4.39 Å². The van der Waals surface area contributed by atoms with E-state index in [0.29, 0.717) is 6.04 Å². The van der Waals surface area contributed by atoms with Crippen molar-refractivity contribution in [2.45, 2.75) is 23.8 Å². The van der Waals surface area contributed by atoms with Crippen LogP contribution < -0.4 is 10.5 Å². The number of nitrogens with two attached hydrogens (primary N) is 1. The predicted octanol–water partition coefficient (Wildman–Crippen LogP) is 2.17. The first kappa shape index (κ1) is 8.84. The molecule has 70 valence electrons. The molecule has 2 rings (SSSR count). The Labute approximate surface area is 80.8 Å². The van der Waals surface area contributed by atoms with Crippen LogP contribution in [0.3, 0.4) is 0 Å². The zero-order valence-corrected chi connectivity index (χ0v) is 7.90. The molecule has 1 aliphatic carbocycles. The largest absolute Gasteiger partial charge is 0.396 e. The summed E-state index contributed by atoms with van der Waals surface area (Å²) in [7, 11) is 0. The van der Waals surface area contributed by atoms with E-state index >= 15 is 0 Å². The SMILES string of the molecule is Nc1cc(SNC2CC2)ccc1F. The molecular formula is C9H11FN2S. The maximum Gasteiger partial charge on any atom is 0.146 e. The van der Waals surface area contributed by atoms with Crippen LogP contribution in [-0.4, -0.2) is 6.04 Å². The number of halogens is 1.